The zero-order valence-corrected chi connectivity index (χ0v) is 21.7. The minimum absolute atomic E-state index is 0.113. The summed E-state index contributed by atoms with van der Waals surface area (Å²) in [6.45, 7) is 20.6. The summed E-state index contributed by atoms with van der Waals surface area (Å²) >= 11 is 0. The van der Waals surface area contributed by atoms with Crippen molar-refractivity contribution in [2.45, 2.75) is 78.6 Å². The summed E-state index contributed by atoms with van der Waals surface area (Å²) in [5.74, 6) is -0.583. The van der Waals surface area contributed by atoms with E-state index in [1.54, 1.807) is 39.0 Å². The number of nitrogens with zero attached hydrogens (tertiary/aromatic N) is 1. The van der Waals surface area contributed by atoms with Crippen molar-refractivity contribution >= 4 is 24.0 Å². The summed E-state index contributed by atoms with van der Waals surface area (Å²) in [7, 11) is 0. The predicted octanol–water partition coefficient (Wildman–Crippen LogP) is 4.85. The van der Waals surface area contributed by atoms with Gasteiger partial charge in [0.25, 0.3) is 0 Å². The van der Waals surface area contributed by atoms with Gasteiger partial charge in [0, 0.05) is 12.6 Å². The van der Waals surface area contributed by atoms with E-state index in [0.29, 0.717) is 12.0 Å². The van der Waals surface area contributed by atoms with Crippen molar-refractivity contribution in [2.24, 2.45) is 5.92 Å². The first-order valence-electron chi connectivity index (χ1n) is 11.7. The molecule has 2 unspecified atom stereocenters. The molecule has 1 aromatic carbocycles. The average Bonchev–Trinajstić information content (AvgIpc) is 2.70. The molecule has 0 saturated carbocycles. The lowest BCUT2D eigenvalue weighted by Crippen LogP contribution is -2.53. The highest BCUT2D eigenvalue weighted by Gasteiger charge is 2.36. The second kappa shape index (κ2) is 13.0. The van der Waals surface area contributed by atoms with Gasteiger partial charge in [-0.3, -0.25) is 9.59 Å². The lowest BCUT2D eigenvalue weighted by atomic mass is 9.98. The fraction of sp³-hybridized carbons (Fsp3) is 0.519. The lowest BCUT2D eigenvalue weighted by molar-refractivity contribution is -0.142. The van der Waals surface area contributed by atoms with E-state index in [9.17, 15) is 14.4 Å². The second-order valence-corrected chi connectivity index (χ2v) is 10.0. The third kappa shape index (κ3) is 9.41. The fourth-order valence-electron chi connectivity index (χ4n) is 3.50. The van der Waals surface area contributed by atoms with Crippen LogP contribution < -0.4 is 10.6 Å². The molecular formula is C27H41N3O4. The van der Waals surface area contributed by atoms with Crippen molar-refractivity contribution in [3.8, 4) is 0 Å². The van der Waals surface area contributed by atoms with Gasteiger partial charge in [0.2, 0.25) is 11.8 Å². The van der Waals surface area contributed by atoms with E-state index in [1.807, 2.05) is 45.9 Å². The molecule has 2 atom stereocenters. The molecule has 0 aliphatic heterocycles. The molecule has 0 aliphatic rings. The highest BCUT2D eigenvalue weighted by molar-refractivity contribution is 5.92. The second-order valence-electron chi connectivity index (χ2n) is 10.0. The summed E-state index contributed by atoms with van der Waals surface area (Å²) in [6, 6.07) is 5.43. The number of carbonyl (C=O) groups is 3. The van der Waals surface area contributed by atoms with Gasteiger partial charge in [0.1, 0.15) is 17.7 Å². The summed E-state index contributed by atoms with van der Waals surface area (Å²) in [6.07, 6.45) is 2.97. The SMILES string of the molecule is C=CCN(C(=O)C(CC(C)C)NC(=O)OC(C)(C)C)C(C(=O)NC(C)C)c1cccc(C=C)c1. The van der Waals surface area contributed by atoms with Crippen LogP contribution in [-0.4, -0.2) is 47.0 Å². The molecule has 7 nitrogen and oxygen atoms in total. The van der Waals surface area contributed by atoms with Gasteiger partial charge in [-0.25, -0.2) is 4.79 Å². The minimum atomic E-state index is -0.914. The van der Waals surface area contributed by atoms with E-state index in [1.165, 1.54) is 4.90 Å². The molecule has 1 rings (SSSR count). The molecule has 0 bridgehead atoms. The van der Waals surface area contributed by atoms with E-state index in [4.69, 9.17) is 4.74 Å². The van der Waals surface area contributed by atoms with Crippen LogP contribution in [0, 0.1) is 5.92 Å². The highest BCUT2D eigenvalue weighted by Crippen LogP contribution is 2.25. The maximum atomic E-state index is 13.8. The maximum Gasteiger partial charge on any atom is 0.408 e. The van der Waals surface area contributed by atoms with E-state index >= 15 is 0 Å². The largest absolute Gasteiger partial charge is 0.444 e. The molecule has 1 aromatic rings. The number of carbonyl (C=O) groups excluding carboxylic acids is 3. The Hall–Kier alpha value is -3.09. The number of amides is 3. The Morgan fingerprint density at radius 3 is 2.24 bits per heavy atom. The van der Waals surface area contributed by atoms with Crippen molar-refractivity contribution in [3.05, 3.63) is 54.6 Å². The third-order valence-corrected chi connectivity index (χ3v) is 4.76. The Balaban J connectivity index is 3.47. The molecule has 34 heavy (non-hydrogen) atoms. The molecule has 7 heteroatoms. The number of rotatable bonds is 11. The highest BCUT2D eigenvalue weighted by atomic mass is 16.6. The molecule has 0 aromatic heterocycles. The van der Waals surface area contributed by atoms with E-state index in [0.717, 1.165) is 5.56 Å². The van der Waals surface area contributed by atoms with Gasteiger partial charge in [0.15, 0.2) is 0 Å². The Morgan fingerprint density at radius 2 is 1.74 bits per heavy atom. The van der Waals surface area contributed by atoms with Crippen molar-refractivity contribution in [2.75, 3.05) is 6.54 Å². The van der Waals surface area contributed by atoms with E-state index in [-0.39, 0.29) is 30.3 Å². The van der Waals surface area contributed by atoms with Gasteiger partial charge in [-0.15, -0.1) is 6.58 Å². The summed E-state index contributed by atoms with van der Waals surface area (Å²) in [4.78, 5) is 41.2. The lowest BCUT2D eigenvalue weighted by Gasteiger charge is -2.34. The first kappa shape index (κ1) is 28.9. The number of nitrogens with one attached hydrogen (secondary N) is 2. The van der Waals surface area contributed by atoms with Crippen LogP contribution in [0.4, 0.5) is 4.79 Å². The molecule has 0 spiro atoms. The van der Waals surface area contributed by atoms with Crippen LogP contribution in [0.15, 0.2) is 43.5 Å². The zero-order chi connectivity index (χ0) is 26.1. The van der Waals surface area contributed by atoms with Gasteiger partial charge in [-0.1, -0.05) is 50.8 Å². The first-order chi connectivity index (χ1) is 15.8. The summed E-state index contributed by atoms with van der Waals surface area (Å²) in [5.41, 5.74) is 0.768. The molecule has 0 aliphatic carbocycles. The Morgan fingerprint density at radius 1 is 1.09 bits per heavy atom. The van der Waals surface area contributed by atoms with Gasteiger partial charge in [0.05, 0.1) is 0 Å². The zero-order valence-electron chi connectivity index (χ0n) is 21.7. The third-order valence-electron chi connectivity index (χ3n) is 4.76. The summed E-state index contributed by atoms with van der Waals surface area (Å²) < 4.78 is 5.38. The average molecular weight is 472 g/mol. The van der Waals surface area contributed by atoms with Crippen LogP contribution in [-0.2, 0) is 14.3 Å². The number of hydrogen-bond donors (Lipinski definition) is 2. The normalized spacial score (nSPS) is 13.1. The van der Waals surface area contributed by atoms with Gasteiger partial charge >= 0.3 is 6.09 Å². The van der Waals surface area contributed by atoms with Crippen LogP contribution in [0.5, 0.6) is 0 Å². The fourth-order valence-corrected chi connectivity index (χ4v) is 3.50. The molecule has 3 amide bonds. The Bertz CT molecular complexity index is 871. The van der Waals surface area contributed by atoms with E-state index < -0.39 is 23.8 Å². The number of alkyl carbamates (subject to hydrolysis) is 1. The number of ether oxygens (including phenoxy) is 1. The van der Waals surface area contributed by atoms with Crippen LogP contribution >= 0.6 is 0 Å². The Kier molecular flexibility index (Phi) is 11.0. The monoisotopic (exact) mass is 471 g/mol. The van der Waals surface area contributed by atoms with Crippen molar-refractivity contribution < 1.29 is 19.1 Å². The maximum absolute atomic E-state index is 13.8. The minimum Gasteiger partial charge on any atom is -0.444 e. The predicted molar refractivity (Wildman–Crippen MR) is 137 cm³/mol. The van der Waals surface area contributed by atoms with Crippen LogP contribution in [0.3, 0.4) is 0 Å². The molecule has 0 radical (unpaired) electrons. The molecule has 188 valence electrons. The molecule has 0 heterocycles. The van der Waals surface area contributed by atoms with Gasteiger partial charge in [-0.2, -0.15) is 0 Å². The smallest absolute Gasteiger partial charge is 0.408 e. The van der Waals surface area contributed by atoms with Crippen molar-refractivity contribution in [3.63, 3.8) is 0 Å². The van der Waals surface area contributed by atoms with Gasteiger partial charge in [-0.05, 0) is 64.2 Å². The molecular weight excluding hydrogens is 430 g/mol. The number of hydrogen-bond acceptors (Lipinski definition) is 4. The van der Waals surface area contributed by atoms with Crippen LogP contribution in [0.2, 0.25) is 0 Å². The number of benzene rings is 1. The molecule has 0 saturated heterocycles. The first-order valence-corrected chi connectivity index (χ1v) is 11.7. The van der Waals surface area contributed by atoms with Crippen molar-refractivity contribution in [1.82, 2.24) is 15.5 Å². The standard InChI is InChI=1S/C27H41N3O4/c1-10-15-30(25(32)22(16-18(3)4)29-26(33)34-27(7,8)9)23(24(31)28-19(5)6)21-14-12-13-20(11-2)17-21/h10-14,17-19,22-23H,1-2,15-16H2,3-9H3,(H,28,31)(H,29,33). The molecule has 0 fully saturated rings. The van der Waals surface area contributed by atoms with Crippen LogP contribution in [0.25, 0.3) is 6.08 Å². The van der Waals surface area contributed by atoms with Crippen LogP contribution in [0.1, 0.15) is 72.1 Å². The Labute approximate surface area is 204 Å². The topological polar surface area (TPSA) is 87.7 Å². The quantitative estimate of drug-likeness (QED) is 0.452. The molecule has 2 N–H and O–H groups in total. The van der Waals surface area contributed by atoms with E-state index in [2.05, 4.69) is 23.8 Å². The summed E-state index contributed by atoms with van der Waals surface area (Å²) in [5, 5.41) is 5.64. The van der Waals surface area contributed by atoms with Gasteiger partial charge < -0.3 is 20.3 Å². The van der Waals surface area contributed by atoms with Crippen molar-refractivity contribution in [1.29, 1.82) is 0 Å².